The van der Waals surface area contributed by atoms with Gasteiger partial charge in [0, 0.05) is 0 Å². The lowest BCUT2D eigenvalue weighted by Crippen LogP contribution is -2.43. The number of cyclic esters (lactones) is 4. The molecule has 0 aromatic carbocycles. The fourth-order valence-electron chi connectivity index (χ4n) is 5.92. The Morgan fingerprint density at radius 2 is 1.00 bits per heavy atom. The average Bonchev–Trinajstić information content (AvgIpc) is 3.13. The average molecular weight is 290 g/mol. The fraction of sp³-hybridized carbons (Fsp3) is 0.733. The van der Waals surface area contributed by atoms with Crippen molar-refractivity contribution >= 4 is 23.9 Å². The van der Waals surface area contributed by atoms with Crippen molar-refractivity contribution in [3.8, 4) is 0 Å². The van der Waals surface area contributed by atoms with Gasteiger partial charge in [0.1, 0.15) is 0 Å². The van der Waals surface area contributed by atoms with Crippen LogP contribution >= 0.6 is 0 Å². The minimum absolute atomic E-state index is 0.133. The first-order valence-electron chi connectivity index (χ1n) is 7.57. The van der Waals surface area contributed by atoms with Gasteiger partial charge in [0.2, 0.25) is 0 Å². The number of ether oxygens (including phenoxy) is 2. The van der Waals surface area contributed by atoms with Crippen LogP contribution in [0.15, 0.2) is 0 Å². The summed E-state index contributed by atoms with van der Waals surface area (Å²) in [5, 5.41) is 0. The molecule has 110 valence electrons. The van der Waals surface area contributed by atoms with E-state index in [2.05, 4.69) is 0 Å². The summed E-state index contributed by atoms with van der Waals surface area (Å²) < 4.78 is 9.58. The second-order valence-corrected chi connectivity index (χ2v) is 7.11. The molecule has 2 aliphatic heterocycles. The number of fused-ring (bicyclic) bond motifs is 9. The molecular formula is C15H14O6. The molecule has 2 heterocycles. The van der Waals surface area contributed by atoms with Gasteiger partial charge in [0.25, 0.3) is 0 Å². The van der Waals surface area contributed by atoms with E-state index in [0.717, 1.165) is 6.42 Å². The van der Waals surface area contributed by atoms with Crippen LogP contribution in [0.1, 0.15) is 19.3 Å². The van der Waals surface area contributed by atoms with E-state index in [1.54, 1.807) is 0 Å². The molecule has 5 rings (SSSR count). The molecule has 0 aromatic heterocycles. The number of hydrogen-bond donors (Lipinski definition) is 0. The van der Waals surface area contributed by atoms with Crippen molar-refractivity contribution < 1.29 is 28.7 Å². The molecule has 2 bridgehead atoms. The number of esters is 4. The third-order valence-electron chi connectivity index (χ3n) is 6.59. The van der Waals surface area contributed by atoms with Gasteiger partial charge in [0.15, 0.2) is 0 Å². The summed E-state index contributed by atoms with van der Waals surface area (Å²) in [6.45, 7) is 0. The van der Waals surface area contributed by atoms with E-state index in [1.807, 2.05) is 0 Å². The van der Waals surface area contributed by atoms with E-state index in [-0.39, 0.29) is 59.3 Å². The van der Waals surface area contributed by atoms with Gasteiger partial charge in [-0.15, -0.1) is 0 Å². The van der Waals surface area contributed by atoms with Crippen LogP contribution in [0.3, 0.4) is 0 Å². The monoisotopic (exact) mass is 290 g/mol. The molecule has 0 radical (unpaired) electrons. The van der Waals surface area contributed by atoms with Crippen LogP contribution in [0.4, 0.5) is 0 Å². The quantitative estimate of drug-likeness (QED) is 0.471. The third-order valence-corrected chi connectivity index (χ3v) is 6.59. The number of hydrogen-bond acceptors (Lipinski definition) is 6. The summed E-state index contributed by atoms with van der Waals surface area (Å²) in [5.41, 5.74) is 0. The molecule has 5 aliphatic rings. The Kier molecular flexibility index (Phi) is 2.00. The molecule has 6 nitrogen and oxygen atoms in total. The Balaban J connectivity index is 1.51. The minimum atomic E-state index is -0.409. The molecule has 0 spiro atoms. The first-order valence-corrected chi connectivity index (χ1v) is 7.57. The van der Waals surface area contributed by atoms with Crippen molar-refractivity contribution in [2.24, 2.45) is 47.3 Å². The Morgan fingerprint density at radius 1 is 0.571 bits per heavy atom. The molecule has 6 heteroatoms. The zero-order valence-corrected chi connectivity index (χ0v) is 11.2. The lowest BCUT2D eigenvalue weighted by molar-refractivity contribution is -0.155. The number of rotatable bonds is 0. The largest absolute Gasteiger partial charge is 0.393 e. The molecule has 21 heavy (non-hydrogen) atoms. The predicted octanol–water partition coefficient (Wildman–Crippen LogP) is 0.294. The SMILES string of the molecule is O=C1OC(=O)C2CC3C(CC12)C1CC3C2C(=O)OC(=O)C12. The molecule has 0 amide bonds. The minimum Gasteiger partial charge on any atom is -0.393 e. The van der Waals surface area contributed by atoms with Crippen LogP contribution in [0.2, 0.25) is 0 Å². The van der Waals surface area contributed by atoms with Gasteiger partial charge in [-0.25, -0.2) is 0 Å². The molecule has 8 atom stereocenters. The second-order valence-electron chi connectivity index (χ2n) is 7.11. The maximum Gasteiger partial charge on any atom is 0.317 e. The standard InChI is InChI=1S/C15H14O6/c16-12-8-1-4-5(2-9(8)13(17)20-12)7-3-6(4)10-11(7)15(19)21-14(10)18/h4-11H,1-3H2. The number of carbonyl (C=O) groups excluding carboxylic acids is 4. The second kappa shape index (κ2) is 3.54. The van der Waals surface area contributed by atoms with Crippen LogP contribution in [-0.2, 0) is 28.7 Å². The molecule has 8 unspecified atom stereocenters. The fourth-order valence-corrected chi connectivity index (χ4v) is 5.92. The summed E-state index contributed by atoms with van der Waals surface area (Å²) in [5.74, 6) is -2.14. The maximum absolute atomic E-state index is 11.9. The predicted molar refractivity (Wildman–Crippen MR) is 64.0 cm³/mol. The van der Waals surface area contributed by atoms with E-state index in [0.29, 0.717) is 12.8 Å². The Labute approximate surface area is 120 Å². The Hall–Kier alpha value is -1.72. The van der Waals surface area contributed by atoms with E-state index < -0.39 is 11.9 Å². The summed E-state index contributed by atoms with van der Waals surface area (Å²) in [6.07, 6.45) is 2.09. The summed E-state index contributed by atoms with van der Waals surface area (Å²) in [7, 11) is 0. The Bertz CT molecular complexity index is 559. The third kappa shape index (κ3) is 1.25. The van der Waals surface area contributed by atoms with E-state index in [4.69, 9.17) is 9.47 Å². The zero-order valence-electron chi connectivity index (χ0n) is 11.2. The van der Waals surface area contributed by atoms with Crippen LogP contribution in [-0.4, -0.2) is 23.9 Å². The highest BCUT2D eigenvalue weighted by Crippen LogP contribution is 2.66. The van der Waals surface area contributed by atoms with E-state index in [1.165, 1.54) is 0 Å². The van der Waals surface area contributed by atoms with E-state index in [9.17, 15) is 19.2 Å². The van der Waals surface area contributed by atoms with Gasteiger partial charge in [-0.2, -0.15) is 0 Å². The van der Waals surface area contributed by atoms with Gasteiger partial charge in [-0.3, -0.25) is 19.2 Å². The first-order chi connectivity index (χ1) is 10.1. The lowest BCUT2D eigenvalue weighted by Gasteiger charge is -2.41. The van der Waals surface area contributed by atoms with Gasteiger partial charge < -0.3 is 9.47 Å². The van der Waals surface area contributed by atoms with Crippen molar-refractivity contribution in [1.29, 1.82) is 0 Å². The highest BCUT2D eigenvalue weighted by atomic mass is 16.6. The number of carbonyl (C=O) groups is 4. The smallest absolute Gasteiger partial charge is 0.317 e. The van der Waals surface area contributed by atoms with Crippen molar-refractivity contribution in [1.82, 2.24) is 0 Å². The van der Waals surface area contributed by atoms with Crippen LogP contribution in [0.5, 0.6) is 0 Å². The zero-order chi connectivity index (χ0) is 14.5. The van der Waals surface area contributed by atoms with Gasteiger partial charge in [0.05, 0.1) is 23.7 Å². The topological polar surface area (TPSA) is 86.7 Å². The van der Waals surface area contributed by atoms with Crippen molar-refractivity contribution in [3.05, 3.63) is 0 Å². The maximum atomic E-state index is 11.9. The van der Waals surface area contributed by atoms with Crippen molar-refractivity contribution in [2.75, 3.05) is 0 Å². The summed E-state index contributed by atoms with van der Waals surface area (Å²) in [4.78, 5) is 47.3. The molecule has 3 aliphatic carbocycles. The molecule has 0 aromatic rings. The normalized spacial score (nSPS) is 53.3. The first kappa shape index (κ1) is 11.9. The summed E-state index contributed by atoms with van der Waals surface area (Å²) >= 11 is 0. The van der Waals surface area contributed by atoms with Crippen molar-refractivity contribution in [2.45, 2.75) is 19.3 Å². The van der Waals surface area contributed by atoms with E-state index >= 15 is 0 Å². The lowest BCUT2D eigenvalue weighted by atomic mass is 9.59. The summed E-state index contributed by atoms with van der Waals surface area (Å²) in [6, 6.07) is 0. The van der Waals surface area contributed by atoms with Crippen LogP contribution in [0.25, 0.3) is 0 Å². The van der Waals surface area contributed by atoms with Gasteiger partial charge in [-0.1, -0.05) is 0 Å². The highest BCUT2D eigenvalue weighted by molar-refractivity contribution is 5.98. The molecule has 5 fully saturated rings. The van der Waals surface area contributed by atoms with Crippen LogP contribution in [0, 0.1) is 47.3 Å². The van der Waals surface area contributed by atoms with Gasteiger partial charge >= 0.3 is 23.9 Å². The molecular weight excluding hydrogens is 276 g/mol. The highest BCUT2D eigenvalue weighted by Gasteiger charge is 2.69. The molecule has 3 saturated carbocycles. The molecule has 0 N–H and O–H groups in total. The van der Waals surface area contributed by atoms with Crippen LogP contribution < -0.4 is 0 Å². The Morgan fingerprint density at radius 3 is 1.48 bits per heavy atom. The molecule has 2 saturated heterocycles. The van der Waals surface area contributed by atoms with Crippen molar-refractivity contribution in [3.63, 3.8) is 0 Å². The van der Waals surface area contributed by atoms with Gasteiger partial charge in [-0.05, 0) is 42.9 Å².